The zero-order valence-corrected chi connectivity index (χ0v) is 77.3. The van der Waals surface area contributed by atoms with E-state index in [0.717, 1.165) is 103 Å². The number of aliphatic hydroxyl groups is 2. The molecule has 2 aromatic carbocycles. The first-order valence-corrected chi connectivity index (χ1v) is 49.1. The maximum Gasteiger partial charge on any atom is 0.330 e. The number of unbranched alkanes of at least 4 members (excludes halogenated alkanes) is 48. The molecule has 2 saturated heterocycles. The van der Waals surface area contributed by atoms with Crippen molar-refractivity contribution in [3.8, 4) is 22.6 Å². The van der Waals surface area contributed by atoms with E-state index in [4.69, 9.17) is 37.3 Å². The van der Waals surface area contributed by atoms with Crippen molar-refractivity contribution < 1.29 is 71.4 Å². The molecule has 24 nitrogen and oxygen atoms in total. The summed E-state index contributed by atoms with van der Waals surface area (Å²) >= 11 is 0. The van der Waals surface area contributed by atoms with Crippen LogP contribution in [-0.2, 0) is 52.4 Å². The maximum absolute atomic E-state index is 13.4. The van der Waals surface area contributed by atoms with Crippen LogP contribution < -0.4 is 22.5 Å². The summed E-state index contributed by atoms with van der Waals surface area (Å²) in [4.78, 5) is 122. The number of hydrogen-bond donors (Lipinski definition) is 4. The molecule has 8 rings (SSSR count). The van der Waals surface area contributed by atoms with Crippen LogP contribution >= 0.6 is 0 Å². The van der Waals surface area contributed by atoms with E-state index in [0.29, 0.717) is 36.8 Å². The van der Waals surface area contributed by atoms with Gasteiger partial charge in [-0.05, 0) is 49.9 Å². The Labute approximate surface area is 744 Å². The van der Waals surface area contributed by atoms with Crippen LogP contribution in [0, 0.1) is 0 Å². The number of rotatable bonds is 67. The lowest BCUT2D eigenvalue weighted by molar-refractivity contribution is -0.169. The molecular weight excluding hydrogens is 1590 g/mol. The minimum absolute atomic E-state index is 0.0647. The molecule has 0 unspecified atom stereocenters. The van der Waals surface area contributed by atoms with Gasteiger partial charge in [0.1, 0.15) is 34.9 Å². The van der Waals surface area contributed by atoms with Gasteiger partial charge in [0.2, 0.25) is 6.41 Å². The van der Waals surface area contributed by atoms with Crippen LogP contribution in [0.1, 0.15) is 400 Å². The Bertz CT molecular complexity index is 3830. The van der Waals surface area contributed by atoms with E-state index in [1.54, 1.807) is 38.4 Å². The van der Waals surface area contributed by atoms with Crippen molar-refractivity contribution in [1.29, 1.82) is 0 Å². The number of benzene rings is 2. The lowest BCUT2D eigenvalue weighted by Crippen LogP contribution is -2.42. The molecule has 2 fully saturated rings. The molecule has 0 spiro atoms. The Morgan fingerprint density at radius 1 is 0.360 bits per heavy atom. The summed E-state index contributed by atoms with van der Waals surface area (Å²) < 4.78 is 50.3. The number of para-hydroxylation sites is 2. The summed E-state index contributed by atoms with van der Waals surface area (Å²) in [6, 6.07) is 18.0. The Morgan fingerprint density at radius 3 is 0.808 bits per heavy atom. The lowest BCUT2D eigenvalue weighted by atomic mass is 10.0. The van der Waals surface area contributed by atoms with Gasteiger partial charge in [0, 0.05) is 62.9 Å². The molecular formula is C101H159N5O19. The van der Waals surface area contributed by atoms with Crippen LogP contribution in [0.3, 0.4) is 0 Å². The van der Waals surface area contributed by atoms with Crippen molar-refractivity contribution in [3.05, 3.63) is 115 Å². The summed E-state index contributed by atoms with van der Waals surface area (Å²) in [7, 11) is 3.38. The number of ether oxygens (including phenoxy) is 6. The fraction of sp³-hybridized carbons (Fsp3) is 0.713. The van der Waals surface area contributed by atoms with E-state index < -0.39 is 109 Å². The van der Waals surface area contributed by atoms with Crippen molar-refractivity contribution in [2.75, 3.05) is 27.3 Å². The molecule has 0 aliphatic carbocycles. The molecule has 24 heteroatoms. The minimum atomic E-state index is -1.29. The average Bonchev–Trinajstić information content (AvgIpc) is 1.61. The second kappa shape index (κ2) is 64.7. The highest BCUT2D eigenvalue weighted by atomic mass is 16.7. The number of aromatic nitrogens is 4. The number of nitrogens with zero attached hydrogens (tertiary/aromatic N) is 3. The van der Waals surface area contributed by atoms with E-state index in [1.165, 1.54) is 248 Å². The molecule has 2 aliphatic heterocycles. The van der Waals surface area contributed by atoms with Gasteiger partial charge in [-0.2, -0.15) is 0 Å². The molecule has 1 amide bonds. The van der Waals surface area contributed by atoms with Crippen LogP contribution in [0.5, 0.6) is 0 Å². The number of carbonyl (C=O) groups is 5. The zero-order valence-electron chi connectivity index (χ0n) is 77.3. The van der Waals surface area contributed by atoms with Crippen molar-refractivity contribution in [2.24, 2.45) is 0 Å². The van der Waals surface area contributed by atoms with E-state index in [1.807, 2.05) is 36.4 Å². The van der Waals surface area contributed by atoms with E-state index in [-0.39, 0.29) is 48.3 Å². The van der Waals surface area contributed by atoms with Gasteiger partial charge in [0.05, 0.1) is 24.3 Å². The van der Waals surface area contributed by atoms with Gasteiger partial charge < -0.3 is 52.4 Å². The van der Waals surface area contributed by atoms with Gasteiger partial charge in [-0.25, -0.2) is 9.59 Å². The number of aromatic amines is 2. The number of aliphatic hydroxyl groups excluding tert-OH is 2. The third-order valence-corrected chi connectivity index (χ3v) is 24.0. The number of esters is 4. The zero-order chi connectivity index (χ0) is 89.9. The standard InChI is InChI=1S/2C49H76N2O9.C3H7NO/c2*1-3-5-7-9-11-13-15-17-19-21-23-25-27-33-43(53)59-45-42(37-52)58-48(46(45)60-44(54)34-28-26-24-22-20-18-16-14-12-10-8-6-4-2)51-36-39(47(55)50-49(51)56)41-35-38-31-29-30-32-40(38)57-41;1-4(2)3-5/h2*29-32,35-36,42,45-46,48,52H,3-28,33-34,37H2,1-2H3,(H,50,55,56);3H,1-2H3/t2*42-,45-,46-,48-;/m00./s1. The molecule has 6 heterocycles. The molecule has 6 aromatic rings. The maximum atomic E-state index is 13.4. The number of amides is 1. The molecule has 0 radical (unpaired) electrons. The Kier molecular flexibility index (Phi) is 54.8. The Hall–Kier alpha value is -7.93. The quantitative estimate of drug-likeness (QED) is 0.0119. The van der Waals surface area contributed by atoms with Crippen LogP contribution in [0.15, 0.2) is 101 Å². The average molecular weight is 1750 g/mol. The number of hydrogen-bond acceptors (Lipinski definition) is 19. The van der Waals surface area contributed by atoms with Gasteiger partial charge in [-0.3, -0.25) is 52.7 Å². The first-order chi connectivity index (χ1) is 61.0. The largest absolute Gasteiger partial charge is 0.456 e. The molecule has 125 heavy (non-hydrogen) atoms. The molecule has 702 valence electrons. The van der Waals surface area contributed by atoms with Gasteiger partial charge in [-0.15, -0.1) is 0 Å². The van der Waals surface area contributed by atoms with Crippen LogP contribution in [0.2, 0.25) is 0 Å². The van der Waals surface area contributed by atoms with E-state index in [9.17, 15) is 53.4 Å². The number of nitrogens with one attached hydrogen (secondary N) is 2. The topological polar surface area (TPSA) is 320 Å². The van der Waals surface area contributed by atoms with Crippen LogP contribution in [-0.4, -0.2) is 128 Å². The predicted octanol–water partition coefficient (Wildman–Crippen LogP) is 23.0. The van der Waals surface area contributed by atoms with E-state index in [2.05, 4.69) is 37.7 Å². The Morgan fingerprint density at radius 2 is 0.584 bits per heavy atom. The van der Waals surface area contributed by atoms with E-state index >= 15 is 0 Å². The number of furan rings is 2. The van der Waals surface area contributed by atoms with Crippen molar-refractivity contribution >= 4 is 52.2 Å². The molecule has 0 bridgehead atoms. The number of carbonyl (C=O) groups excluding carboxylic acids is 5. The summed E-state index contributed by atoms with van der Waals surface area (Å²) in [5, 5.41) is 22.4. The van der Waals surface area contributed by atoms with Crippen molar-refractivity contribution in [1.82, 2.24) is 24.0 Å². The van der Waals surface area contributed by atoms with Crippen molar-refractivity contribution in [2.45, 2.75) is 436 Å². The number of H-pyrrole nitrogens is 2. The predicted molar refractivity (Wildman–Crippen MR) is 496 cm³/mol. The molecule has 8 atom stereocenters. The molecule has 2 aliphatic rings. The normalized spacial score (nSPS) is 17.3. The molecule has 4 N–H and O–H groups in total. The fourth-order valence-electron chi connectivity index (χ4n) is 16.6. The second-order valence-corrected chi connectivity index (χ2v) is 35.1. The summed E-state index contributed by atoms with van der Waals surface area (Å²) in [6.45, 7) is 7.88. The monoisotopic (exact) mass is 1750 g/mol. The first kappa shape index (κ1) is 106. The smallest absolute Gasteiger partial charge is 0.330 e. The second-order valence-electron chi connectivity index (χ2n) is 35.1. The van der Waals surface area contributed by atoms with Gasteiger partial charge in [-0.1, -0.05) is 372 Å². The fourth-order valence-corrected chi connectivity index (χ4v) is 16.6. The Balaban J connectivity index is 0.000000366. The summed E-state index contributed by atoms with van der Waals surface area (Å²) in [5.41, 5.74) is -1.68. The molecule has 0 saturated carbocycles. The summed E-state index contributed by atoms with van der Waals surface area (Å²) in [6.07, 6.45) is 55.9. The van der Waals surface area contributed by atoms with Gasteiger partial charge in [0.25, 0.3) is 11.1 Å². The minimum Gasteiger partial charge on any atom is -0.456 e. The third kappa shape index (κ3) is 40.9. The summed E-state index contributed by atoms with van der Waals surface area (Å²) in [5.74, 6) is -1.52. The highest BCUT2D eigenvalue weighted by molar-refractivity contribution is 5.83. The van der Waals surface area contributed by atoms with Crippen LogP contribution in [0.4, 0.5) is 0 Å². The van der Waals surface area contributed by atoms with Crippen LogP contribution in [0.25, 0.3) is 44.6 Å². The third-order valence-electron chi connectivity index (χ3n) is 24.0. The van der Waals surface area contributed by atoms with Gasteiger partial charge in [0.15, 0.2) is 36.9 Å². The number of fused-ring (bicyclic) bond motifs is 2. The molecule has 4 aromatic heterocycles. The van der Waals surface area contributed by atoms with Crippen molar-refractivity contribution in [3.63, 3.8) is 0 Å². The highest BCUT2D eigenvalue weighted by Gasteiger charge is 2.52. The first-order valence-electron chi connectivity index (χ1n) is 49.1. The SMILES string of the molecule is CCCCCCCCCCCCCCCC(=O)O[C@@H]1[C@H](OC(=O)CCCCCCCCCCCCCCC)[C@@H](n2cc(-c3cc4ccccc4o3)c(=O)[nH]c2=O)O[C@H]1CO.CCCCCCCCCCCCCCCC(=O)O[C@@H]1[C@H](OC(=O)CCCCCCCCCCCCCCC)[C@@H](n2cc(-c3cc4ccccc4o3)c(=O)[nH]c2=O)O[C@H]1CO.CN(C)C=O. The van der Waals surface area contributed by atoms with Gasteiger partial charge >= 0.3 is 35.3 Å². The lowest BCUT2D eigenvalue weighted by Gasteiger charge is -2.25. The highest BCUT2D eigenvalue weighted by Crippen LogP contribution is 2.38.